The molecular weight excluding hydrogens is 435 g/mol. The molecule has 11 heteroatoms. The second-order valence-electron chi connectivity index (χ2n) is 6.76. The lowest BCUT2D eigenvalue weighted by atomic mass is 10.1. The lowest BCUT2D eigenvalue weighted by Gasteiger charge is -2.15. The largest absolute Gasteiger partial charge is 0.478 e. The summed E-state index contributed by atoms with van der Waals surface area (Å²) >= 11 is 0.492. The normalized spacial score (nSPS) is 12.5. The van der Waals surface area contributed by atoms with Crippen LogP contribution in [0.15, 0.2) is 35.7 Å². The van der Waals surface area contributed by atoms with Gasteiger partial charge in [0.25, 0.3) is 5.91 Å². The number of nitrogens with one attached hydrogen (secondary N) is 1. The maximum atomic E-state index is 12.9. The van der Waals surface area contributed by atoms with Crippen LogP contribution in [0.2, 0.25) is 0 Å². The van der Waals surface area contributed by atoms with Crippen LogP contribution in [0.1, 0.15) is 49.8 Å². The van der Waals surface area contributed by atoms with E-state index in [0.29, 0.717) is 22.6 Å². The molecule has 0 aliphatic heterocycles. The molecule has 0 saturated carbocycles. The lowest BCUT2D eigenvalue weighted by molar-refractivity contribution is -0.134. The highest BCUT2D eigenvalue weighted by molar-refractivity contribution is 7.10. The summed E-state index contributed by atoms with van der Waals surface area (Å²) in [6, 6.07) is 6.43. The van der Waals surface area contributed by atoms with Crippen molar-refractivity contribution < 1.29 is 32.6 Å². The Morgan fingerprint density at radius 1 is 1.26 bits per heavy atom. The zero-order valence-electron chi connectivity index (χ0n) is 16.6. The van der Waals surface area contributed by atoms with Gasteiger partial charge < -0.3 is 15.2 Å². The molecule has 164 valence electrons. The van der Waals surface area contributed by atoms with E-state index >= 15 is 0 Å². The molecule has 0 fully saturated rings. The van der Waals surface area contributed by atoms with Gasteiger partial charge in [0, 0.05) is 18.5 Å². The number of thiophene rings is 1. The van der Waals surface area contributed by atoms with E-state index in [1.807, 2.05) is 0 Å². The summed E-state index contributed by atoms with van der Waals surface area (Å²) in [5.41, 5.74) is 1.23. The van der Waals surface area contributed by atoms with Gasteiger partial charge in [-0.25, -0.2) is 9.48 Å². The number of rotatable bonds is 6. The van der Waals surface area contributed by atoms with Crippen molar-refractivity contribution in [2.24, 2.45) is 7.05 Å². The molecule has 0 saturated heterocycles. The summed E-state index contributed by atoms with van der Waals surface area (Å²) in [6.07, 6.45) is -4.49. The third-order valence-electron chi connectivity index (χ3n) is 4.47. The Kier molecular flexibility index (Phi) is 6.07. The molecule has 2 heterocycles. The predicted molar refractivity (Wildman–Crippen MR) is 107 cm³/mol. The molecule has 1 aromatic carbocycles. The number of alkyl halides is 3. The van der Waals surface area contributed by atoms with Crippen LogP contribution in [-0.2, 0) is 13.2 Å². The smallest absolute Gasteiger partial charge is 0.425 e. The van der Waals surface area contributed by atoms with Crippen molar-refractivity contribution in [3.05, 3.63) is 63.0 Å². The molecule has 3 rings (SSSR count). The monoisotopic (exact) mass is 453 g/mol. The molecule has 31 heavy (non-hydrogen) atoms. The van der Waals surface area contributed by atoms with Crippen molar-refractivity contribution in [2.45, 2.75) is 26.1 Å². The summed E-state index contributed by atoms with van der Waals surface area (Å²) < 4.78 is 45.4. The number of hydrogen-bond acceptors (Lipinski definition) is 5. The van der Waals surface area contributed by atoms with Crippen LogP contribution < -0.4 is 10.1 Å². The highest BCUT2D eigenvalue weighted by Crippen LogP contribution is 2.38. The minimum Gasteiger partial charge on any atom is -0.478 e. The summed E-state index contributed by atoms with van der Waals surface area (Å²) in [5, 5.41) is 17.1. The third-order valence-corrected chi connectivity index (χ3v) is 5.42. The van der Waals surface area contributed by atoms with Gasteiger partial charge in [0.05, 0.1) is 17.3 Å². The third kappa shape index (κ3) is 4.88. The number of aromatic carboxylic acids is 1. The van der Waals surface area contributed by atoms with Gasteiger partial charge in [-0.3, -0.25) is 4.79 Å². The van der Waals surface area contributed by atoms with Crippen LogP contribution in [0.4, 0.5) is 13.2 Å². The minimum absolute atomic E-state index is 0.00921. The van der Waals surface area contributed by atoms with Crippen LogP contribution in [0.5, 0.6) is 11.6 Å². The Hall–Kier alpha value is -3.34. The predicted octanol–water partition coefficient (Wildman–Crippen LogP) is 4.79. The van der Waals surface area contributed by atoms with Crippen molar-refractivity contribution in [1.29, 1.82) is 0 Å². The fourth-order valence-corrected chi connectivity index (χ4v) is 3.59. The second-order valence-corrected chi connectivity index (χ2v) is 7.67. The summed E-state index contributed by atoms with van der Waals surface area (Å²) in [7, 11) is 1.52. The molecule has 2 aromatic heterocycles. The zero-order chi connectivity index (χ0) is 22.9. The molecule has 0 unspecified atom stereocenters. The number of carbonyl (C=O) groups is 2. The molecule has 1 atom stereocenters. The molecular formula is C20H18F3N3O4S. The van der Waals surface area contributed by atoms with Crippen molar-refractivity contribution in [3.8, 4) is 11.6 Å². The highest BCUT2D eigenvalue weighted by atomic mass is 32.1. The SMILES string of the molecule is Cc1nn(C)c(Oc2csc(C(F)(F)F)c2)c1C(=O)N[C@@H](C)c1ccc(C(=O)O)cc1. The molecule has 1 amide bonds. The summed E-state index contributed by atoms with van der Waals surface area (Å²) in [5.74, 6) is -1.62. The van der Waals surface area contributed by atoms with Crippen LogP contribution in [0.25, 0.3) is 0 Å². The van der Waals surface area contributed by atoms with Gasteiger partial charge in [-0.05, 0) is 31.5 Å². The fraction of sp³-hybridized carbons (Fsp3) is 0.250. The van der Waals surface area contributed by atoms with Gasteiger partial charge in [-0.1, -0.05) is 12.1 Å². The van der Waals surface area contributed by atoms with Crippen LogP contribution in [-0.4, -0.2) is 26.8 Å². The average Bonchev–Trinajstić information content (AvgIpc) is 3.26. The van der Waals surface area contributed by atoms with Gasteiger partial charge in [0.2, 0.25) is 5.88 Å². The van der Waals surface area contributed by atoms with E-state index in [-0.39, 0.29) is 22.8 Å². The Bertz CT molecular complexity index is 1120. The highest BCUT2D eigenvalue weighted by Gasteiger charge is 2.33. The molecule has 7 nitrogen and oxygen atoms in total. The standard InChI is InChI=1S/C20H18F3N3O4S/c1-10(12-4-6-13(7-5-12)19(28)29)24-17(27)16-11(2)25-26(3)18(16)30-14-8-15(31-9-14)20(21,22)23/h4-10H,1-3H3,(H,24,27)(H,28,29)/t10-/m0/s1. The Morgan fingerprint density at radius 2 is 1.90 bits per heavy atom. The Morgan fingerprint density at radius 3 is 2.45 bits per heavy atom. The van der Waals surface area contributed by atoms with Crippen molar-refractivity contribution in [3.63, 3.8) is 0 Å². The molecule has 0 aliphatic carbocycles. The van der Waals surface area contributed by atoms with E-state index in [9.17, 15) is 22.8 Å². The van der Waals surface area contributed by atoms with Gasteiger partial charge in [-0.2, -0.15) is 18.3 Å². The first-order chi connectivity index (χ1) is 14.5. The minimum atomic E-state index is -4.49. The number of aryl methyl sites for hydroxylation is 2. The Labute approximate surface area is 179 Å². The van der Waals surface area contributed by atoms with Crippen LogP contribution in [0.3, 0.4) is 0 Å². The number of carbonyl (C=O) groups excluding carboxylic acids is 1. The number of benzene rings is 1. The van der Waals surface area contributed by atoms with E-state index in [4.69, 9.17) is 9.84 Å². The first-order valence-electron chi connectivity index (χ1n) is 8.98. The van der Waals surface area contributed by atoms with Gasteiger partial charge in [0.15, 0.2) is 0 Å². The topological polar surface area (TPSA) is 93.5 Å². The molecule has 0 spiro atoms. The first kappa shape index (κ1) is 22.3. The van der Waals surface area contributed by atoms with Crippen LogP contribution in [0, 0.1) is 6.92 Å². The number of aromatic nitrogens is 2. The first-order valence-corrected chi connectivity index (χ1v) is 9.86. The van der Waals surface area contributed by atoms with Crippen LogP contribution >= 0.6 is 11.3 Å². The maximum Gasteiger partial charge on any atom is 0.425 e. The number of carboxylic acid groups (broad SMARTS) is 1. The molecule has 3 aromatic rings. The van der Waals surface area contributed by atoms with E-state index < -0.39 is 29.0 Å². The Balaban J connectivity index is 1.81. The number of nitrogens with zero attached hydrogens (tertiary/aromatic N) is 2. The fourth-order valence-electron chi connectivity index (χ4n) is 2.91. The van der Waals surface area contributed by atoms with Gasteiger partial charge >= 0.3 is 12.1 Å². The number of halogens is 3. The van der Waals surface area contributed by atoms with E-state index in [2.05, 4.69) is 10.4 Å². The van der Waals surface area contributed by atoms with Crippen molar-refractivity contribution >= 4 is 23.2 Å². The summed E-state index contributed by atoms with van der Waals surface area (Å²) in [4.78, 5) is 23.1. The summed E-state index contributed by atoms with van der Waals surface area (Å²) in [6.45, 7) is 3.30. The number of amides is 1. The quantitative estimate of drug-likeness (QED) is 0.560. The van der Waals surface area contributed by atoms with E-state index in [1.165, 1.54) is 29.2 Å². The molecule has 0 bridgehead atoms. The number of hydrogen-bond donors (Lipinski definition) is 2. The molecule has 0 aliphatic rings. The molecule has 0 radical (unpaired) electrons. The molecule has 2 N–H and O–H groups in total. The van der Waals surface area contributed by atoms with E-state index in [0.717, 1.165) is 6.07 Å². The van der Waals surface area contributed by atoms with Crippen molar-refractivity contribution in [2.75, 3.05) is 0 Å². The second kappa shape index (κ2) is 8.42. The number of ether oxygens (including phenoxy) is 1. The lowest BCUT2D eigenvalue weighted by Crippen LogP contribution is -2.27. The zero-order valence-corrected chi connectivity index (χ0v) is 17.5. The number of carboxylic acids is 1. The van der Waals surface area contributed by atoms with Crippen molar-refractivity contribution in [1.82, 2.24) is 15.1 Å². The average molecular weight is 453 g/mol. The van der Waals surface area contributed by atoms with Gasteiger partial charge in [0.1, 0.15) is 16.2 Å². The van der Waals surface area contributed by atoms with E-state index in [1.54, 1.807) is 26.0 Å². The maximum absolute atomic E-state index is 12.9. The van der Waals surface area contributed by atoms with Gasteiger partial charge in [-0.15, -0.1) is 11.3 Å².